The molecule has 3 heterocycles. The van der Waals surface area contributed by atoms with Crippen LogP contribution in [0.5, 0.6) is 0 Å². The Labute approximate surface area is 151 Å². The van der Waals surface area contributed by atoms with E-state index in [0.717, 1.165) is 17.0 Å². The molecule has 0 saturated heterocycles. The Morgan fingerprint density at radius 3 is 2.64 bits per heavy atom. The van der Waals surface area contributed by atoms with E-state index in [0.29, 0.717) is 16.1 Å². The van der Waals surface area contributed by atoms with Gasteiger partial charge in [-0.1, -0.05) is 12.1 Å². The third-order valence-electron chi connectivity index (χ3n) is 3.70. The highest BCUT2D eigenvalue weighted by Crippen LogP contribution is 2.22. The third-order valence-corrected chi connectivity index (χ3v) is 4.13. The summed E-state index contributed by atoms with van der Waals surface area (Å²) >= 11 is 3.18. The van der Waals surface area contributed by atoms with Crippen LogP contribution < -0.4 is 5.32 Å². The maximum atomic E-state index is 12.1. The minimum Gasteiger partial charge on any atom is -0.444 e. The van der Waals surface area contributed by atoms with Gasteiger partial charge in [0, 0.05) is 29.3 Å². The van der Waals surface area contributed by atoms with Crippen molar-refractivity contribution in [2.45, 2.75) is 6.92 Å². The highest BCUT2D eigenvalue weighted by molar-refractivity contribution is 9.10. The molecule has 0 aliphatic heterocycles. The number of imidazole rings is 1. The number of aromatic nitrogens is 3. The standard InChI is InChI=1S/C18H13BrN4O2/c1-11-8-9-23-10-14(22-18(23)20-11)12-2-4-13(5-3-12)21-17(24)15-6-7-16(19)25-15/h2-10H,1H3,(H,21,24). The van der Waals surface area contributed by atoms with Crippen LogP contribution in [0.1, 0.15) is 16.2 Å². The van der Waals surface area contributed by atoms with Gasteiger partial charge in [0.1, 0.15) is 0 Å². The number of anilines is 1. The predicted octanol–water partition coefficient (Wildman–Crippen LogP) is 4.31. The summed E-state index contributed by atoms with van der Waals surface area (Å²) in [6, 6.07) is 12.7. The Hall–Kier alpha value is -2.93. The van der Waals surface area contributed by atoms with E-state index in [-0.39, 0.29) is 11.7 Å². The van der Waals surface area contributed by atoms with Crippen LogP contribution in [-0.2, 0) is 0 Å². The van der Waals surface area contributed by atoms with Gasteiger partial charge in [0.05, 0.1) is 5.69 Å². The number of halogens is 1. The van der Waals surface area contributed by atoms with Crippen molar-refractivity contribution >= 4 is 33.3 Å². The number of furan rings is 1. The molecule has 1 aromatic carbocycles. The topological polar surface area (TPSA) is 72.4 Å². The van der Waals surface area contributed by atoms with Gasteiger partial charge in [-0.2, -0.15) is 0 Å². The number of aryl methyl sites for hydroxylation is 1. The Kier molecular flexibility index (Phi) is 3.85. The van der Waals surface area contributed by atoms with Gasteiger partial charge in [-0.3, -0.25) is 9.20 Å². The van der Waals surface area contributed by atoms with Gasteiger partial charge in [0.25, 0.3) is 5.91 Å². The number of carbonyl (C=O) groups is 1. The molecule has 4 rings (SSSR count). The highest BCUT2D eigenvalue weighted by atomic mass is 79.9. The van der Waals surface area contributed by atoms with Crippen LogP contribution in [0.25, 0.3) is 17.0 Å². The molecule has 0 radical (unpaired) electrons. The Morgan fingerprint density at radius 2 is 1.92 bits per heavy atom. The summed E-state index contributed by atoms with van der Waals surface area (Å²) in [6.07, 6.45) is 3.86. The lowest BCUT2D eigenvalue weighted by atomic mass is 10.1. The van der Waals surface area contributed by atoms with Gasteiger partial charge in [-0.05, 0) is 53.2 Å². The molecule has 4 aromatic rings. The minimum absolute atomic E-state index is 0.248. The molecule has 6 nitrogen and oxygen atoms in total. The van der Waals surface area contributed by atoms with Crippen LogP contribution >= 0.6 is 15.9 Å². The lowest BCUT2D eigenvalue weighted by Gasteiger charge is -2.04. The van der Waals surface area contributed by atoms with Crippen molar-refractivity contribution in [1.82, 2.24) is 14.4 Å². The molecule has 25 heavy (non-hydrogen) atoms. The SMILES string of the molecule is Cc1ccn2cc(-c3ccc(NC(=O)c4ccc(Br)o4)cc3)nc2n1. The molecule has 0 unspecified atom stereocenters. The molecule has 7 heteroatoms. The van der Waals surface area contributed by atoms with Gasteiger partial charge in [-0.25, -0.2) is 9.97 Å². The summed E-state index contributed by atoms with van der Waals surface area (Å²) in [5.41, 5.74) is 3.37. The normalized spacial score (nSPS) is 11.0. The number of carbonyl (C=O) groups excluding carboxylic acids is 1. The van der Waals surface area contributed by atoms with Crippen LogP contribution in [0.2, 0.25) is 0 Å². The van der Waals surface area contributed by atoms with Gasteiger partial charge < -0.3 is 9.73 Å². The number of amides is 1. The van der Waals surface area contributed by atoms with Gasteiger partial charge >= 0.3 is 0 Å². The van der Waals surface area contributed by atoms with Crippen LogP contribution in [0.4, 0.5) is 5.69 Å². The summed E-state index contributed by atoms with van der Waals surface area (Å²) in [5.74, 6) is 0.611. The molecule has 1 amide bonds. The second-order valence-corrected chi connectivity index (χ2v) is 6.32. The van der Waals surface area contributed by atoms with E-state index in [4.69, 9.17) is 4.42 Å². The number of hydrogen-bond acceptors (Lipinski definition) is 4. The van der Waals surface area contributed by atoms with E-state index in [1.807, 2.05) is 54.0 Å². The van der Waals surface area contributed by atoms with Crippen molar-refractivity contribution in [3.63, 3.8) is 0 Å². The fourth-order valence-corrected chi connectivity index (χ4v) is 2.76. The largest absolute Gasteiger partial charge is 0.444 e. The molecule has 3 aromatic heterocycles. The monoisotopic (exact) mass is 396 g/mol. The molecule has 0 atom stereocenters. The van der Waals surface area contributed by atoms with Crippen molar-refractivity contribution in [3.05, 3.63) is 71.0 Å². The van der Waals surface area contributed by atoms with E-state index >= 15 is 0 Å². The highest BCUT2D eigenvalue weighted by Gasteiger charge is 2.11. The third kappa shape index (κ3) is 3.18. The molecule has 124 valence electrons. The van der Waals surface area contributed by atoms with E-state index in [1.54, 1.807) is 12.1 Å². The first-order valence-electron chi connectivity index (χ1n) is 7.58. The van der Waals surface area contributed by atoms with Crippen LogP contribution in [0.15, 0.2) is 63.9 Å². The second kappa shape index (κ2) is 6.18. The fourth-order valence-electron chi connectivity index (χ4n) is 2.45. The van der Waals surface area contributed by atoms with Crippen molar-refractivity contribution in [3.8, 4) is 11.3 Å². The van der Waals surface area contributed by atoms with Crippen LogP contribution in [0, 0.1) is 6.92 Å². The maximum absolute atomic E-state index is 12.1. The average Bonchev–Trinajstić information content (AvgIpc) is 3.21. The first-order valence-corrected chi connectivity index (χ1v) is 8.37. The lowest BCUT2D eigenvalue weighted by molar-refractivity contribution is 0.0995. The predicted molar refractivity (Wildman–Crippen MR) is 97.5 cm³/mol. The zero-order valence-electron chi connectivity index (χ0n) is 13.2. The molecular formula is C18H13BrN4O2. The summed E-state index contributed by atoms with van der Waals surface area (Å²) in [4.78, 5) is 21.0. The second-order valence-electron chi connectivity index (χ2n) is 5.54. The Balaban J connectivity index is 1.55. The molecule has 0 fully saturated rings. The average molecular weight is 397 g/mol. The van der Waals surface area contributed by atoms with Crippen molar-refractivity contribution < 1.29 is 9.21 Å². The number of nitrogens with zero attached hydrogens (tertiary/aromatic N) is 3. The first-order chi connectivity index (χ1) is 12.1. The van der Waals surface area contributed by atoms with Gasteiger partial charge in [0.15, 0.2) is 10.4 Å². The lowest BCUT2D eigenvalue weighted by Crippen LogP contribution is -2.10. The van der Waals surface area contributed by atoms with Crippen molar-refractivity contribution in [2.24, 2.45) is 0 Å². The summed E-state index contributed by atoms with van der Waals surface area (Å²) in [7, 11) is 0. The van der Waals surface area contributed by atoms with Crippen LogP contribution in [0.3, 0.4) is 0 Å². The zero-order chi connectivity index (χ0) is 17.4. The minimum atomic E-state index is -0.300. The van der Waals surface area contributed by atoms with Gasteiger partial charge in [0.2, 0.25) is 5.78 Å². The summed E-state index contributed by atoms with van der Waals surface area (Å²) in [5, 5.41) is 2.79. The molecule has 0 aliphatic carbocycles. The molecular weight excluding hydrogens is 384 g/mol. The summed E-state index contributed by atoms with van der Waals surface area (Å²) < 4.78 is 7.64. The number of rotatable bonds is 3. The number of hydrogen-bond donors (Lipinski definition) is 1. The van der Waals surface area contributed by atoms with Crippen molar-refractivity contribution in [1.29, 1.82) is 0 Å². The van der Waals surface area contributed by atoms with Gasteiger partial charge in [-0.15, -0.1) is 0 Å². The molecule has 1 N–H and O–H groups in total. The van der Waals surface area contributed by atoms with Crippen LogP contribution in [-0.4, -0.2) is 20.3 Å². The van der Waals surface area contributed by atoms with E-state index < -0.39 is 0 Å². The van der Waals surface area contributed by atoms with Crippen molar-refractivity contribution in [2.75, 3.05) is 5.32 Å². The molecule has 0 saturated carbocycles. The number of fused-ring (bicyclic) bond motifs is 1. The fraction of sp³-hybridized carbons (Fsp3) is 0.0556. The molecule has 0 bridgehead atoms. The van der Waals surface area contributed by atoms with E-state index in [9.17, 15) is 4.79 Å². The number of nitrogens with one attached hydrogen (secondary N) is 1. The maximum Gasteiger partial charge on any atom is 0.291 e. The first kappa shape index (κ1) is 15.6. The molecule has 0 aliphatic rings. The quantitative estimate of drug-likeness (QED) is 0.559. The van der Waals surface area contributed by atoms with E-state index in [1.165, 1.54) is 0 Å². The summed E-state index contributed by atoms with van der Waals surface area (Å²) in [6.45, 7) is 1.93. The Morgan fingerprint density at radius 1 is 1.12 bits per heavy atom. The van der Waals surface area contributed by atoms with E-state index in [2.05, 4.69) is 31.2 Å². The smallest absolute Gasteiger partial charge is 0.291 e. The zero-order valence-corrected chi connectivity index (χ0v) is 14.8. The number of benzene rings is 1. The molecule has 0 spiro atoms. The Bertz CT molecular complexity index is 1070.